The summed E-state index contributed by atoms with van der Waals surface area (Å²) in [4.78, 5) is 23.4. The number of ether oxygens (including phenoxy) is 1. The molecule has 3 rings (SSSR count). The lowest BCUT2D eigenvalue weighted by atomic mass is 10.0. The van der Waals surface area contributed by atoms with Gasteiger partial charge in [0.15, 0.2) is 0 Å². The molecule has 4 N–H and O–H groups in total. The maximum atomic E-state index is 12.0. The summed E-state index contributed by atoms with van der Waals surface area (Å²) < 4.78 is 5.75. The van der Waals surface area contributed by atoms with E-state index >= 15 is 0 Å². The standard InChI is InChI=1S/C19H27N3O3/c20-12-14-3-1-4-16(14)21-18(23)5-2-10-25-15-7-8-17-13(11-15)6-9-19(24)22-17/h7-8,11,14,16H,1-6,9-10,12,20H2,(H,21,23)(H,22,24). The molecule has 0 saturated heterocycles. The summed E-state index contributed by atoms with van der Waals surface area (Å²) in [5.41, 5.74) is 7.72. The van der Waals surface area contributed by atoms with Gasteiger partial charge < -0.3 is 21.1 Å². The lowest BCUT2D eigenvalue weighted by Gasteiger charge is -2.19. The predicted molar refractivity (Wildman–Crippen MR) is 96.4 cm³/mol. The van der Waals surface area contributed by atoms with E-state index in [1.165, 1.54) is 0 Å². The van der Waals surface area contributed by atoms with Crippen molar-refractivity contribution in [3.63, 3.8) is 0 Å². The van der Waals surface area contributed by atoms with Crippen molar-refractivity contribution in [1.29, 1.82) is 0 Å². The van der Waals surface area contributed by atoms with Gasteiger partial charge in [0.2, 0.25) is 11.8 Å². The van der Waals surface area contributed by atoms with Crippen LogP contribution in [0.1, 0.15) is 44.1 Å². The number of carbonyl (C=O) groups is 2. The van der Waals surface area contributed by atoms with Crippen LogP contribution in [0, 0.1) is 5.92 Å². The lowest BCUT2D eigenvalue weighted by molar-refractivity contribution is -0.122. The van der Waals surface area contributed by atoms with Gasteiger partial charge in [-0.05, 0) is 61.9 Å². The normalized spacial score (nSPS) is 22.2. The first-order valence-electron chi connectivity index (χ1n) is 9.20. The fourth-order valence-electron chi connectivity index (χ4n) is 3.66. The number of nitrogens with one attached hydrogen (secondary N) is 2. The van der Waals surface area contributed by atoms with Crippen molar-refractivity contribution in [3.8, 4) is 5.75 Å². The minimum atomic E-state index is 0.0614. The van der Waals surface area contributed by atoms with Crippen molar-refractivity contribution in [2.45, 2.75) is 51.0 Å². The Labute approximate surface area is 148 Å². The highest BCUT2D eigenvalue weighted by Gasteiger charge is 2.27. The number of anilines is 1. The molecular formula is C19H27N3O3. The fourth-order valence-corrected chi connectivity index (χ4v) is 3.66. The summed E-state index contributed by atoms with van der Waals surface area (Å²) in [6, 6.07) is 5.95. The van der Waals surface area contributed by atoms with Crippen LogP contribution in [0.15, 0.2) is 18.2 Å². The minimum absolute atomic E-state index is 0.0614. The van der Waals surface area contributed by atoms with Crippen molar-refractivity contribution in [1.82, 2.24) is 5.32 Å². The summed E-state index contributed by atoms with van der Waals surface area (Å²) in [7, 11) is 0. The van der Waals surface area contributed by atoms with Gasteiger partial charge in [0, 0.05) is 24.6 Å². The molecule has 1 fully saturated rings. The van der Waals surface area contributed by atoms with Gasteiger partial charge in [-0.15, -0.1) is 0 Å². The zero-order chi connectivity index (χ0) is 17.6. The third-order valence-corrected chi connectivity index (χ3v) is 5.10. The molecule has 1 heterocycles. The van der Waals surface area contributed by atoms with Crippen molar-refractivity contribution in [3.05, 3.63) is 23.8 Å². The summed E-state index contributed by atoms with van der Waals surface area (Å²) in [6.07, 6.45) is 5.70. The Morgan fingerprint density at radius 2 is 2.20 bits per heavy atom. The van der Waals surface area contributed by atoms with Crippen LogP contribution in [-0.2, 0) is 16.0 Å². The molecule has 1 aliphatic heterocycles. The Morgan fingerprint density at radius 3 is 3.04 bits per heavy atom. The van der Waals surface area contributed by atoms with Gasteiger partial charge >= 0.3 is 0 Å². The first-order valence-corrected chi connectivity index (χ1v) is 9.20. The van der Waals surface area contributed by atoms with E-state index in [2.05, 4.69) is 10.6 Å². The van der Waals surface area contributed by atoms with Gasteiger partial charge in [-0.25, -0.2) is 0 Å². The van der Waals surface area contributed by atoms with Gasteiger partial charge in [-0.2, -0.15) is 0 Å². The molecule has 0 aromatic heterocycles. The molecule has 6 heteroatoms. The van der Waals surface area contributed by atoms with Gasteiger partial charge in [-0.3, -0.25) is 9.59 Å². The molecule has 2 atom stereocenters. The van der Waals surface area contributed by atoms with Crippen LogP contribution in [0.3, 0.4) is 0 Å². The Bertz CT molecular complexity index is 632. The number of benzene rings is 1. The molecule has 2 aliphatic rings. The molecule has 25 heavy (non-hydrogen) atoms. The van der Waals surface area contributed by atoms with Crippen molar-refractivity contribution < 1.29 is 14.3 Å². The predicted octanol–water partition coefficient (Wildman–Crippen LogP) is 1.97. The number of amides is 2. The monoisotopic (exact) mass is 345 g/mol. The largest absolute Gasteiger partial charge is 0.494 e. The number of rotatable bonds is 7. The number of carbonyl (C=O) groups excluding carboxylic acids is 2. The average molecular weight is 345 g/mol. The summed E-state index contributed by atoms with van der Waals surface area (Å²) in [5, 5.41) is 5.96. The molecular weight excluding hydrogens is 318 g/mol. The third kappa shape index (κ3) is 4.72. The SMILES string of the molecule is NCC1CCCC1NC(=O)CCCOc1ccc2c(c1)CCC(=O)N2. The first kappa shape index (κ1) is 17.7. The van der Waals surface area contributed by atoms with Crippen LogP contribution < -0.4 is 21.1 Å². The van der Waals surface area contributed by atoms with E-state index in [0.29, 0.717) is 38.3 Å². The average Bonchev–Trinajstić information content (AvgIpc) is 3.05. The molecule has 2 unspecified atom stereocenters. The van der Waals surface area contributed by atoms with Gasteiger partial charge in [0.05, 0.1) is 6.61 Å². The second-order valence-corrected chi connectivity index (χ2v) is 6.92. The Kier molecular flexibility index (Phi) is 5.91. The maximum Gasteiger partial charge on any atom is 0.224 e. The third-order valence-electron chi connectivity index (χ3n) is 5.10. The van der Waals surface area contributed by atoms with E-state index < -0.39 is 0 Å². The van der Waals surface area contributed by atoms with E-state index in [-0.39, 0.29) is 17.9 Å². The molecule has 0 bridgehead atoms. The Morgan fingerprint density at radius 1 is 1.32 bits per heavy atom. The topological polar surface area (TPSA) is 93.4 Å². The number of nitrogens with two attached hydrogens (primary N) is 1. The van der Waals surface area contributed by atoms with E-state index in [4.69, 9.17) is 10.5 Å². The lowest BCUT2D eigenvalue weighted by Crippen LogP contribution is -2.39. The van der Waals surface area contributed by atoms with Gasteiger partial charge in [-0.1, -0.05) is 6.42 Å². The minimum Gasteiger partial charge on any atom is -0.494 e. The second kappa shape index (κ2) is 8.34. The van der Waals surface area contributed by atoms with Crippen LogP contribution >= 0.6 is 0 Å². The smallest absolute Gasteiger partial charge is 0.224 e. The molecule has 1 aromatic carbocycles. The number of fused-ring (bicyclic) bond motifs is 1. The van der Waals surface area contributed by atoms with Crippen LogP contribution in [0.5, 0.6) is 5.75 Å². The first-order chi connectivity index (χ1) is 12.2. The number of hydrogen-bond acceptors (Lipinski definition) is 4. The fraction of sp³-hybridized carbons (Fsp3) is 0.579. The van der Waals surface area contributed by atoms with Crippen LogP contribution in [0.4, 0.5) is 5.69 Å². The highest BCUT2D eigenvalue weighted by atomic mass is 16.5. The van der Waals surface area contributed by atoms with Crippen molar-refractivity contribution >= 4 is 17.5 Å². The van der Waals surface area contributed by atoms with E-state index in [0.717, 1.165) is 42.7 Å². The highest BCUT2D eigenvalue weighted by Crippen LogP contribution is 2.27. The van der Waals surface area contributed by atoms with E-state index in [9.17, 15) is 9.59 Å². The van der Waals surface area contributed by atoms with Crippen molar-refractivity contribution in [2.24, 2.45) is 11.7 Å². The Balaban J connectivity index is 1.38. The van der Waals surface area contributed by atoms with Crippen LogP contribution in [0.2, 0.25) is 0 Å². The summed E-state index contributed by atoms with van der Waals surface area (Å²) in [6.45, 7) is 1.15. The summed E-state index contributed by atoms with van der Waals surface area (Å²) in [5.74, 6) is 1.36. The molecule has 0 spiro atoms. The molecule has 0 radical (unpaired) electrons. The highest BCUT2D eigenvalue weighted by molar-refractivity contribution is 5.94. The molecule has 1 saturated carbocycles. The van der Waals surface area contributed by atoms with E-state index in [1.54, 1.807) is 0 Å². The van der Waals surface area contributed by atoms with E-state index in [1.807, 2.05) is 18.2 Å². The van der Waals surface area contributed by atoms with Crippen LogP contribution in [-0.4, -0.2) is 31.0 Å². The maximum absolute atomic E-state index is 12.0. The molecule has 136 valence electrons. The number of hydrogen-bond donors (Lipinski definition) is 3. The quantitative estimate of drug-likeness (QED) is 0.659. The molecule has 2 amide bonds. The van der Waals surface area contributed by atoms with Gasteiger partial charge in [0.25, 0.3) is 0 Å². The molecule has 1 aliphatic carbocycles. The van der Waals surface area contributed by atoms with Crippen molar-refractivity contribution in [2.75, 3.05) is 18.5 Å². The number of aryl methyl sites for hydroxylation is 1. The summed E-state index contributed by atoms with van der Waals surface area (Å²) >= 11 is 0. The second-order valence-electron chi connectivity index (χ2n) is 6.92. The zero-order valence-corrected chi connectivity index (χ0v) is 14.6. The zero-order valence-electron chi connectivity index (χ0n) is 14.6. The van der Waals surface area contributed by atoms with Crippen LogP contribution in [0.25, 0.3) is 0 Å². The van der Waals surface area contributed by atoms with Gasteiger partial charge in [0.1, 0.15) is 5.75 Å². The molecule has 6 nitrogen and oxygen atoms in total. The Hall–Kier alpha value is -2.08. The molecule has 1 aromatic rings.